The van der Waals surface area contributed by atoms with Gasteiger partial charge in [-0.2, -0.15) is 0 Å². The van der Waals surface area contributed by atoms with Crippen LogP contribution in [0.25, 0.3) is 0 Å². The van der Waals surface area contributed by atoms with Gasteiger partial charge >= 0.3 is 0 Å². The molecular formula is C15H16BrFN2O. The molecule has 1 heterocycles. The molecule has 0 saturated heterocycles. The summed E-state index contributed by atoms with van der Waals surface area (Å²) in [6.07, 6.45) is 5.21. The average Bonchev–Trinajstić information content (AvgIpc) is 3.06. The molecule has 3 rings (SSSR count). The molecule has 0 unspecified atom stereocenters. The van der Waals surface area contributed by atoms with E-state index in [4.69, 9.17) is 4.52 Å². The van der Waals surface area contributed by atoms with E-state index in [1.807, 2.05) is 12.1 Å². The fourth-order valence-corrected chi connectivity index (χ4v) is 2.84. The number of halogens is 2. The molecule has 0 aliphatic heterocycles. The summed E-state index contributed by atoms with van der Waals surface area (Å²) >= 11 is 3.36. The predicted octanol–water partition coefficient (Wildman–Crippen LogP) is 4.21. The van der Waals surface area contributed by atoms with E-state index in [-0.39, 0.29) is 11.9 Å². The topological polar surface area (TPSA) is 38.1 Å². The van der Waals surface area contributed by atoms with Gasteiger partial charge in [0.05, 0.1) is 12.7 Å². The highest BCUT2D eigenvalue weighted by molar-refractivity contribution is 9.10. The molecule has 0 amide bonds. The van der Waals surface area contributed by atoms with Crippen molar-refractivity contribution in [3.63, 3.8) is 0 Å². The number of aromatic nitrogens is 1. The maximum Gasteiger partial charge on any atom is 0.150 e. The van der Waals surface area contributed by atoms with Crippen LogP contribution < -0.4 is 5.32 Å². The van der Waals surface area contributed by atoms with E-state index in [1.165, 1.54) is 18.9 Å². The zero-order valence-electron chi connectivity index (χ0n) is 11.0. The molecule has 1 atom stereocenters. The Morgan fingerprint density at radius 1 is 1.40 bits per heavy atom. The van der Waals surface area contributed by atoms with Crippen molar-refractivity contribution in [3.8, 4) is 0 Å². The minimum absolute atomic E-state index is 0.139. The molecule has 1 fully saturated rings. The van der Waals surface area contributed by atoms with Gasteiger partial charge in [0.15, 0.2) is 0 Å². The van der Waals surface area contributed by atoms with Gasteiger partial charge in [0, 0.05) is 16.6 Å². The van der Waals surface area contributed by atoms with E-state index < -0.39 is 0 Å². The molecule has 5 heteroatoms. The van der Waals surface area contributed by atoms with E-state index in [0.717, 1.165) is 28.1 Å². The molecule has 0 bridgehead atoms. The second-order valence-corrected chi connectivity index (χ2v) is 6.21. The zero-order chi connectivity index (χ0) is 13.9. The Balaban J connectivity index is 1.73. The Hall–Kier alpha value is -1.20. The number of nitrogens with zero attached hydrogens (tertiary/aromatic N) is 1. The second-order valence-electron chi connectivity index (χ2n) is 5.29. The number of hydrogen-bond donors (Lipinski definition) is 1. The molecule has 106 valence electrons. The maximum absolute atomic E-state index is 13.6. The van der Waals surface area contributed by atoms with Crippen molar-refractivity contribution < 1.29 is 8.91 Å². The van der Waals surface area contributed by atoms with Gasteiger partial charge in [-0.1, -0.05) is 33.9 Å². The molecule has 0 spiro atoms. The molecule has 0 radical (unpaired) electrons. The van der Waals surface area contributed by atoms with Gasteiger partial charge in [0.1, 0.15) is 11.6 Å². The number of rotatable bonds is 6. The molecule has 1 aromatic carbocycles. The van der Waals surface area contributed by atoms with Crippen LogP contribution in [0.2, 0.25) is 0 Å². The fourth-order valence-electron chi connectivity index (χ4n) is 2.36. The first-order chi connectivity index (χ1) is 9.70. The van der Waals surface area contributed by atoms with Crippen molar-refractivity contribution in [2.45, 2.75) is 31.8 Å². The fraction of sp³-hybridized carbons (Fsp3) is 0.400. The normalized spacial score (nSPS) is 16.3. The van der Waals surface area contributed by atoms with Crippen LogP contribution in [-0.4, -0.2) is 5.16 Å². The van der Waals surface area contributed by atoms with Crippen molar-refractivity contribution >= 4 is 15.9 Å². The lowest BCUT2D eigenvalue weighted by Crippen LogP contribution is -2.21. The number of hydrogen-bond acceptors (Lipinski definition) is 3. The Bertz CT molecular complexity index is 549. The Morgan fingerprint density at radius 2 is 2.25 bits per heavy atom. The summed E-state index contributed by atoms with van der Waals surface area (Å²) in [7, 11) is 0. The summed E-state index contributed by atoms with van der Waals surface area (Å²) in [6, 6.07) is 7.03. The van der Waals surface area contributed by atoms with Gasteiger partial charge < -0.3 is 9.84 Å². The molecule has 2 aromatic rings. The Kier molecular flexibility index (Phi) is 4.17. The average molecular weight is 339 g/mol. The highest BCUT2D eigenvalue weighted by Crippen LogP contribution is 2.38. The van der Waals surface area contributed by atoms with Gasteiger partial charge in [0.25, 0.3) is 0 Å². The summed E-state index contributed by atoms with van der Waals surface area (Å²) < 4.78 is 19.4. The molecule has 20 heavy (non-hydrogen) atoms. The summed E-state index contributed by atoms with van der Waals surface area (Å²) in [4.78, 5) is 0. The third kappa shape index (κ3) is 3.67. The van der Waals surface area contributed by atoms with Crippen molar-refractivity contribution in [1.82, 2.24) is 10.5 Å². The van der Waals surface area contributed by atoms with Crippen molar-refractivity contribution in [2.75, 3.05) is 0 Å². The van der Waals surface area contributed by atoms with Crippen LogP contribution in [0.3, 0.4) is 0 Å². The molecule has 1 aliphatic carbocycles. The van der Waals surface area contributed by atoms with Gasteiger partial charge in [0.2, 0.25) is 0 Å². The largest absolute Gasteiger partial charge is 0.360 e. The predicted molar refractivity (Wildman–Crippen MR) is 77.5 cm³/mol. The standard InChI is InChI=1S/C15H16BrFN2O/c16-12-6-11(7-13(17)8-12)15(5-10-1-2-10)18-9-14-3-4-19-20-14/h3-4,6-8,10,15,18H,1-2,5,9H2/t15-/m0/s1. The van der Waals surface area contributed by atoms with Crippen LogP contribution in [0.15, 0.2) is 39.5 Å². The lowest BCUT2D eigenvalue weighted by atomic mass is 10.0. The molecule has 3 nitrogen and oxygen atoms in total. The number of benzene rings is 1. The van der Waals surface area contributed by atoms with E-state index in [0.29, 0.717) is 6.54 Å². The molecule has 1 N–H and O–H groups in total. The van der Waals surface area contributed by atoms with Crippen LogP contribution >= 0.6 is 15.9 Å². The first-order valence-corrected chi connectivity index (χ1v) is 7.59. The summed E-state index contributed by atoms with van der Waals surface area (Å²) in [5.74, 6) is 1.34. The van der Waals surface area contributed by atoms with Crippen molar-refractivity contribution in [1.29, 1.82) is 0 Å². The van der Waals surface area contributed by atoms with Crippen molar-refractivity contribution in [2.24, 2.45) is 5.92 Å². The maximum atomic E-state index is 13.6. The first-order valence-electron chi connectivity index (χ1n) is 6.79. The molecular weight excluding hydrogens is 323 g/mol. The van der Waals surface area contributed by atoms with Gasteiger partial charge in [-0.25, -0.2) is 4.39 Å². The minimum Gasteiger partial charge on any atom is -0.360 e. The molecule has 1 aliphatic rings. The summed E-state index contributed by atoms with van der Waals surface area (Å²) in [5.41, 5.74) is 0.975. The van der Waals surface area contributed by atoms with Crippen LogP contribution in [0.5, 0.6) is 0 Å². The Labute approximate surface area is 125 Å². The second kappa shape index (κ2) is 6.06. The smallest absolute Gasteiger partial charge is 0.150 e. The quantitative estimate of drug-likeness (QED) is 0.857. The number of nitrogens with one attached hydrogen (secondary N) is 1. The lowest BCUT2D eigenvalue weighted by molar-refractivity contribution is 0.357. The molecule has 1 aromatic heterocycles. The Morgan fingerprint density at radius 3 is 2.90 bits per heavy atom. The van der Waals surface area contributed by atoms with Crippen LogP contribution in [-0.2, 0) is 6.54 Å². The van der Waals surface area contributed by atoms with Crippen LogP contribution in [0.4, 0.5) is 4.39 Å². The van der Waals surface area contributed by atoms with E-state index in [1.54, 1.807) is 12.3 Å². The first kappa shape index (κ1) is 13.8. The monoisotopic (exact) mass is 338 g/mol. The van der Waals surface area contributed by atoms with Gasteiger partial charge in [-0.15, -0.1) is 0 Å². The van der Waals surface area contributed by atoms with Crippen LogP contribution in [0.1, 0.15) is 36.6 Å². The van der Waals surface area contributed by atoms with Gasteiger partial charge in [-0.05, 0) is 36.1 Å². The highest BCUT2D eigenvalue weighted by Gasteiger charge is 2.26. The SMILES string of the molecule is Fc1cc(Br)cc([C@H](CC2CC2)NCc2ccno2)c1. The third-order valence-electron chi connectivity index (χ3n) is 3.57. The zero-order valence-corrected chi connectivity index (χ0v) is 12.6. The highest BCUT2D eigenvalue weighted by atomic mass is 79.9. The summed E-state index contributed by atoms with van der Waals surface area (Å²) in [6.45, 7) is 0.603. The third-order valence-corrected chi connectivity index (χ3v) is 4.02. The minimum atomic E-state index is -0.211. The molecule has 1 saturated carbocycles. The van der Waals surface area contributed by atoms with E-state index in [9.17, 15) is 4.39 Å². The van der Waals surface area contributed by atoms with E-state index in [2.05, 4.69) is 26.4 Å². The van der Waals surface area contributed by atoms with Gasteiger partial charge in [-0.3, -0.25) is 0 Å². The van der Waals surface area contributed by atoms with Crippen LogP contribution in [0, 0.1) is 11.7 Å². The van der Waals surface area contributed by atoms with Crippen molar-refractivity contribution in [3.05, 3.63) is 52.1 Å². The summed E-state index contributed by atoms with van der Waals surface area (Å²) in [5, 5.41) is 7.13. The lowest BCUT2D eigenvalue weighted by Gasteiger charge is -2.19. The van der Waals surface area contributed by atoms with E-state index >= 15 is 0 Å².